The maximum absolute atomic E-state index is 12.3. The first-order chi connectivity index (χ1) is 10.6. The summed E-state index contributed by atoms with van der Waals surface area (Å²) >= 11 is 5.89. The molecule has 0 heterocycles. The van der Waals surface area contributed by atoms with Crippen LogP contribution in [0.4, 0.5) is 5.69 Å². The summed E-state index contributed by atoms with van der Waals surface area (Å²) in [7, 11) is 3.07. The Bertz CT molecular complexity index is 698. The largest absolute Gasteiger partial charge is 0.497 e. The zero-order valence-electron chi connectivity index (χ0n) is 12.3. The third-order valence-corrected chi connectivity index (χ3v) is 3.22. The van der Waals surface area contributed by atoms with Crippen LogP contribution in [0.3, 0.4) is 0 Å². The second kappa shape index (κ2) is 7.52. The van der Waals surface area contributed by atoms with Crippen LogP contribution in [0.15, 0.2) is 54.7 Å². The smallest absolute Gasteiger partial charge is 0.191 e. The molecule has 4 nitrogen and oxygen atoms in total. The maximum atomic E-state index is 12.3. The van der Waals surface area contributed by atoms with Gasteiger partial charge in [0.2, 0.25) is 0 Å². The summed E-state index contributed by atoms with van der Waals surface area (Å²) in [6.45, 7) is 0. The van der Waals surface area contributed by atoms with Crippen molar-refractivity contribution < 1.29 is 14.3 Å². The van der Waals surface area contributed by atoms with Crippen LogP contribution in [-0.2, 0) is 0 Å². The first-order valence-electron chi connectivity index (χ1n) is 6.59. The van der Waals surface area contributed by atoms with E-state index in [2.05, 4.69) is 5.32 Å². The van der Waals surface area contributed by atoms with E-state index >= 15 is 0 Å². The topological polar surface area (TPSA) is 47.6 Å². The lowest BCUT2D eigenvalue weighted by Crippen LogP contribution is -2.01. The highest BCUT2D eigenvalue weighted by Gasteiger charge is 2.11. The Morgan fingerprint density at radius 3 is 2.64 bits per heavy atom. The van der Waals surface area contributed by atoms with Crippen LogP contribution in [0, 0.1) is 0 Å². The number of carbonyl (C=O) groups excluding carboxylic acids is 1. The SMILES string of the molecule is COc1ccc(OC)c(C(=O)/C=C/Nc2cccc(Cl)c2)c1. The Balaban J connectivity index is 2.13. The normalized spacial score (nSPS) is 10.5. The lowest BCUT2D eigenvalue weighted by atomic mass is 10.1. The fourth-order valence-electron chi connectivity index (χ4n) is 1.89. The van der Waals surface area contributed by atoms with Crippen molar-refractivity contribution in [2.24, 2.45) is 0 Å². The van der Waals surface area contributed by atoms with Gasteiger partial charge in [-0.05, 0) is 36.4 Å². The third-order valence-electron chi connectivity index (χ3n) is 2.98. The Morgan fingerprint density at radius 1 is 1.14 bits per heavy atom. The lowest BCUT2D eigenvalue weighted by Gasteiger charge is -2.08. The van der Waals surface area contributed by atoms with E-state index in [1.54, 1.807) is 43.6 Å². The zero-order chi connectivity index (χ0) is 15.9. The number of nitrogens with one attached hydrogen (secondary N) is 1. The molecule has 22 heavy (non-hydrogen) atoms. The number of ketones is 1. The molecule has 0 fully saturated rings. The summed E-state index contributed by atoms with van der Waals surface area (Å²) < 4.78 is 10.3. The fourth-order valence-corrected chi connectivity index (χ4v) is 2.08. The van der Waals surface area contributed by atoms with Crippen LogP contribution in [0.5, 0.6) is 11.5 Å². The van der Waals surface area contributed by atoms with E-state index in [9.17, 15) is 4.79 Å². The molecule has 0 aliphatic heterocycles. The Labute approximate surface area is 134 Å². The molecular weight excluding hydrogens is 302 g/mol. The van der Waals surface area contributed by atoms with Crippen LogP contribution in [-0.4, -0.2) is 20.0 Å². The number of halogens is 1. The molecular formula is C17H16ClNO3. The minimum Gasteiger partial charge on any atom is -0.497 e. The first kappa shape index (κ1) is 15.9. The second-order valence-electron chi connectivity index (χ2n) is 4.42. The number of methoxy groups -OCH3 is 2. The summed E-state index contributed by atoms with van der Waals surface area (Å²) in [6.07, 6.45) is 2.99. The molecule has 0 unspecified atom stereocenters. The average Bonchev–Trinajstić information content (AvgIpc) is 2.54. The van der Waals surface area contributed by atoms with E-state index in [1.807, 2.05) is 12.1 Å². The van der Waals surface area contributed by atoms with Crippen LogP contribution in [0.25, 0.3) is 0 Å². The van der Waals surface area contributed by atoms with Crippen molar-refractivity contribution in [3.05, 3.63) is 65.3 Å². The van der Waals surface area contributed by atoms with Crippen LogP contribution < -0.4 is 14.8 Å². The van der Waals surface area contributed by atoms with Gasteiger partial charge < -0.3 is 14.8 Å². The van der Waals surface area contributed by atoms with Gasteiger partial charge in [-0.2, -0.15) is 0 Å². The van der Waals surface area contributed by atoms with Crippen molar-refractivity contribution in [2.75, 3.05) is 19.5 Å². The van der Waals surface area contributed by atoms with Gasteiger partial charge in [-0.3, -0.25) is 4.79 Å². The third kappa shape index (κ3) is 4.02. The summed E-state index contributed by atoms with van der Waals surface area (Å²) in [4.78, 5) is 12.3. The van der Waals surface area contributed by atoms with Crippen molar-refractivity contribution in [1.82, 2.24) is 0 Å². The fraction of sp³-hybridized carbons (Fsp3) is 0.118. The molecule has 0 bridgehead atoms. The molecule has 0 aliphatic rings. The number of carbonyl (C=O) groups is 1. The quantitative estimate of drug-likeness (QED) is 0.642. The van der Waals surface area contributed by atoms with E-state index in [1.165, 1.54) is 13.2 Å². The Morgan fingerprint density at radius 2 is 1.95 bits per heavy atom. The highest BCUT2D eigenvalue weighted by molar-refractivity contribution is 6.30. The number of hydrogen-bond donors (Lipinski definition) is 1. The van der Waals surface area contributed by atoms with Gasteiger partial charge in [0, 0.05) is 23.0 Å². The Kier molecular flexibility index (Phi) is 5.44. The molecule has 0 radical (unpaired) electrons. The van der Waals surface area contributed by atoms with Crippen LogP contribution in [0.2, 0.25) is 5.02 Å². The van der Waals surface area contributed by atoms with Gasteiger partial charge in [0.15, 0.2) is 5.78 Å². The summed E-state index contributed by atoms with van der Waals surface area (Å²) in [5.41, 5.74) is 1.24. The molecule has 0 saturated heterocycles. The van der Waals surface area contributed by atoms with Gasteiger partial charge in [0.1, 0.15) is 11.5 Å². The average molecular weight is 318 g/mol. The van der Waals surface area contributed by atoms with E-state index in [-0.39, 0.29) is 5.78 Å². The van der Waals surface area contributed by atoms with E-state index in [4.69, 9.17) is 21.1 Å². The van der Waals surface area contributed by atoms with Crippen molar-refractivity contribution in [1.29, 1.82) is 0 Å². The number of rotatable bonds is 6. The highest BCUT2D eigenvalue weighted by Crippen LogP contribution is 2.24. The molecule has 2 aromatic carbocycles. The van der Waals surface area contributed by atoms with Crippen molar-refractivity contribution >= 4 is 23.1 Å². The standard InChI is InChI=1S/C17H16ClNO3/c1-21-14-6-7-17(22-2)15(11-14)16(20)8-9-19-13-5-3-4-12(18)10-13/h3-11,19H,1-2H3/b9-8+. The zero-order valence-corrected chi connectivity index (χ0v) is 13.1. The van der Waals surface area contributed by atoms with E-state index in [0.717, 1.165) is 5.69 Å². The molecule has 5 heteroatoms. The number of allylic oxidation sites excluding steroid dienone is 1. The molecule has 2 rings (SSSR count). The van der Waals surface area contributed by atoms with Gasteiger partial charge in [0.25, 0.3) is 0 Å². The minimum absolute atomic E-state index is 0.190. The monoisotopic (exact) mass is 317 g/mol. The molecule has 2 aromatic rings. The van der Waals surface area contributed by atoms with Crippen LogP contribution >= 0.6 is 11.6 Å². The van der Waals surface area contributed by atoms with Gasteiger partial charge in [-0.1, -0.05) is 17.7 Å². The van der Waals surface area contributed by atoms with Gasteiger partial charge in [-0.15, -0.1) is 0 Å². The molecule has 0 amide bonds. The van der Waals surface area contributed by atoms with Gasteiger partial charge in [-0.25, -0.2) is 0 Å². The molecule has 0 spiro atoms. The first-order valence-corrected chi connectivity index (χ1v) is 6.97. The summed E-state index contributed by atoms with van der Waals surface area (Å²) in [5.74, 6) is 0.906. The number of ether oxygens (including phenoxy) is 2. The van der Waals surface area contributed by atoms with E-state index < -0.39 is 0 Å². The van der Waals surface area contributed by atoms with Gasteiger partial charge >= 0.3 is 0 Å². The summed E-state index contributed by atoms with van der Waals surface area (Å²) in [6, 6.07) is 12.3. The molecule has 0 aliphatic carbocycles. The summed E-state index contributed by atoms with van der Waals surface area (Å²) in [5, 5.41) is 3.62. The Hall–Kier alpha value is -2.46. The molecule has 1 N–H and O–H groups in total. The highest BCUT2D eigenvalue weighted by atomic mass is 35.5. The van der Waals surface area contributed by atoms with Crippen molar-refractivity contribution in [3.63, 3.8) is 0 Å². The minimum atomic E-state index is -0.190. The van der Waals surface area contributed by atoms with Gasteiger partial charge in [0.05, 0.1) is 19.8 Å². The van der Waals surface area contributed by atoms with Crippen molar-refractivity contribution in [3.8, 4) is 11.5 Å². The molecule has 0 atom stereocenters. The number of benzene rings is 2. The van der Waals surface area contributed by atoms with Crippen LogP contribution in [0.1, 0.15) is 10.4 Å². The maximum Gasteiger partial charge on any atom is 0.191 e. The number of hydrogen-bond acceptors (Lipinski definition) is 4. The predicted octanol–water partition coefficient (Wildman–Crippen LogP) is 4.17. The van der Waals surface area contributed by atoms with Crippen molar-refractivity contribution in [2.45, 2.75) is 0 Å². The molecule has 0 saturated carbocycles. The van der Waals surface area contributed by atoms with E-state index in [0.29, 0.717) is 22.1 Å². The molecule has 114 valence electrons. The number of anilines is 1. The lowest BCUT2D eigenvalue weighted by molar-refractivity contribution is 0.104. The molecule has 0 aromatic heterocycles. The second-order valence-corrected chi connectivity index (χ2v) is 4.85. The predicted molar refractivity (Wildman–Crippen MR) is 88.1 cm³/mol.